The van der Waals surface area contributed by atoms with Crippen LogP contribution < -0.4 is 10.6 Å². The minimum absolute atomic E-state index is 0.0973. The molecule has 0 saturated carbocycles. The normalized spacial score (nSPS) is 14.8. The second-order valence-electron chi connectivity index (χ2n) is 5.64. The van der Waals surface area contributed by atoms with Crippen molar-refractivity contribution >= 4 is 17.4 Å². The number of carbonyl (C=O) groups excluding carboxylic acids is 1. The van der Waals surface area contributed by atoms with Crippen molar-refractivity contribution in [2.75, 3.05) is 6.54 Å². The van der Waals surface area contributed by atoms with Crippen LogP contribution in [-0.2, 0) is 0 Å². The number of rotatable bonds is 6. The van der Waals surface area contributed by atoms with Crippen LogP contribution in [0.5, 0.6) is 0 Å². The van der Waals surface area contributed by atoms with Crippen LogP contribution in [0.1, 0.15) is 45.2 Å². The van der Waals surface area contributed by atoms with E-state index < -0.39 is 0 Å². The van der Waals surface area contributed by atoms with Crippen LogP contribution in [0.25, 0.3) is 0 Å². The van der Waals surface area contributed by atoms with Crippen molar-refractivity contribution in [3.05, 3.63) is 16.6 Å². The summed E-state index contributed by atoms with van der Waals surface area (Å²) in [5.41, 5.74) is -0.129. The lowest BCUT2D eigenvalue weighted by molar-refractivity contribution is 0.128. The minimum Gasteiger partial charge on any atom is -0.393 e. The summed E-state index contributed by atoms with van der Waals surface area (Å²) in [7, 11) is 0. The fraction of sp³-hybridized carbons (Fsp3) is 0.692. The molecular formula is C13H23N3O2S. The summed E-state index contributed by atoms with van der Waals surface area (Å²) >= 11 is 1.52. The van der Waals surface area contributed by atoms with E-state index in [1.807, 2.05) is 26.2 Å². The summed E-state index contributed by atoms with van der Waals surface area (Å²) < 4.78 is 0. The number of nitrogens with one attached hydrogen (secondary N) is 2. The smallest absolute Gasteiger partial charge is 0.315 e. The molecule has 0 bridgehead atoms. The Labute approximate surface area is 118 Å². The van der Waals surface area contributed by atoms with E-state index in [0.717, 1.165) is 5.01 Å². The zero-order chi connectivity index (χ0) is 14.5. The van der Waals surface area contributed by atoms with Gasteiger partial charge >= 0.3 is 6.03 Å². The second-order valence-corrected chi connectivity index (χ2v) is 6.56. The van der Waals surface area contributed by atoms with Gasteiger partial charge in [0.1, 0.15) is 5.01 Å². The van der Waals surface area contributed by atoms with Crippen molar-refractivity contribution < 1.29 is 9.90 Å². The maximum Gasteiger partial charge on any atom is 0.315 e. The lowest BCUT2D eigenvalue weighted by atomic mass is 9.87. The van der Waals surface area contributed by atoms with E-state index in [9.17, 15) is 9.90 Å². The van der Waals surface area contributed by atoms with Crippen LogP contribution in [0, 0.1) is 5.41 Å². The van der Waals surface area contributed by atoms with Gasteiger partial charge in [0.2, 0.25) is 0 Å². The molecule has 5 nitrogen and oxygen atoms in total. The molecule has 19 heavy (non-hydrogen) atoms. The Kier molecular flexibility index (Phi) is 5.75. The molecule has 0 aliphatic carbocycles. The first-order chi connectivity index (χ1) is 8.80. The second kappa shape index (κ2) is 6.86. The molecule has 0 aromatic carbocycles. The van der Waals surface area contributed by atoms with Gasteiger partial charge in [-0.25, -0.2) is 9.78 Å². The van der Waals surface area contributed by atoms with Gasteiger partial charge in [0.25, 0.3) is 0 Å². The first-order valence-electron chi connectivity index (χ1n) is 6.42. The highest BCUT2D eigenvalue weighted by molar-refractivity contribution is 7.09. The first kappa shape index (κ1) is 15.9. The van der Waals surface area contributed by atoms with E-state index in [1.54, 1.807) is 13.1 Å². The van der Waals surface area contributed by atoms with Gasteiger partial charge in [-0.15, -0.1) is 11.3 Å². The Bertz CT molecular complexity index is 391. The molecule has 0 fully saturated rings. The summed E-state index contributed by atoms with van der Waals surface area (Å²) in [6, 6.07) is -0.304. The van der Waals surface area contributed by atoms with Crippen LogP contribution >= 0.6 is 11.3 Å². The number of nitrogens with zero attached hydrogens (tertiary/aromatic N) is 1. The number of carbonyl (C=O) groups is 1. The largest absolute Gasteiger partial charge is 0.393 e. The summed E-state index contributed by atoms with van der Waals surface area (Å²) in [4.78, 5) is 15.9. The van der Waals surface area contributed by atoms with Crippen molar-refractivity contribution in [2.24, 2.45) is 5.41 Å². The molecule has 3 N–H and O–H groups in total. The van der Waals surface area contributed by atoms with Crippen LogP contribution in [0.4, 0.5) is 4.79 Å². The average Bonchev–Trinajstić information content (AvgIpc) is 2.78. The molecule has 2 atom stereocenters. The standard InChI is InChI=1S/C13H23N3O2S/c1-9(17)7-13(3,4)8-15-12(18)16-10(2)11-14-5-6-19-11/h5-6,9-10,17H,7-8H2,1-4H3,(H2,15,16,18)/t9-,10+/m0/s1. The lowest BCUT2D eigenvalue weighted by Crippen LogP contribution is -2.42. The quantitative estimate of drug-likeness (QED) is 0.751. The molecule has 108 valence electrons. The number of aliphatic hydroxyl groups is 1. The predicted molar refractivity (Wildman–Crippen MR) is 77.1 cm³/mol. The third-order valence-corrected chi connectivity index (χ3v) is 3.70. The number of amides is 2. The Morgan fingerprint density at radius 3 is 2.74 bits per heavy atom. The van der Waals surface area contributed by atoms with Gasteiger partial charge in [-0.1, -0.05) is 13.8 Å². The highest BCUT2D eigenvalue weighted by Gasteiger charge is 2.21. The molecule has 6 heteroatoms. The van der Waals surface area contributed by atoms with Gasteiger partial charge in [0, 0.05) is 18.1 Å². The van der Waals surface area contributed by atoms with Crippen LogP contribution in [0.2, 0.25) is 0 Å². The molecule has 1 aromatic rings. The fourth-order valence-electron chi connectivity index (χ4n) is 1.95. The molecule has 0 radical (unpaired) electrons. The van der Waals surface area contributed by atoms with Gasteiger partial charge in [0.15, 0.2) is 0 Å². The molecule has 0 aliphatic rings. The monoisotopic (exact) mass is 285 g/mol. The number of hydrogen-bond acceptors (Lipinski definition) is 4. The number of urea groups is 1. The average molecular weight is 285 g/mol. The molecule has 0 unspecified atom stereocenters. The molecule has 1 heterocycles. The molecular weight excluding hydrogens is 262 g/mol. The topological polar surface area (TPSA) is 74.2 Å². The molecule has 0 aliphatic heterocycles. The number of hydrogen-bond donors (Lipinski definition) is 3. The zero-order valence-corrected chi connectivity index (χ0v) is 12.8. The van der Waals surface area contributed by atoms with Gasteiger partial charge in [-0.3, -0.25) is 0 Å². The van der Waals surface area contributed by atoms with Crippen molar-refractivity contribution in [3.8, 4) is 0 Å². The Morgan fingerprint density at radius 1 is 1.53 bits per heavy atom. The van der Waals surface area contributed by atoms with Gasteiger partial charge in [-0.05, 0) is 25.7 Å². The molecule has 1 rings (SSSR count). The third-order valence-electron chi connectivity index (χ3n) is 2.74. The summed E-state index contributed by atoms with van der Waals surface area (Å²) in [6.45, 7) is 8.22. The number of aromatic nitrogens is 1. The molecule has 2 amide bonds. The summed E-state index contributed by atoms with van der Waals surface area (Å²) in [5.74, 6) is 0. The summed E-state index contributed by atoms with van der Waals surface area (Å²) in [5, 5.41) is 17.8. The Hall–Kier alpha value is -1.14. The zero-order valence-electron chi connectivity index (χ0n) is 11.9. The van der Waals surface area contributed by atoms with E-state index in [0.29, 0.717) is 13.0 Å². The van der Waals surface area contributed by atoms with Crippen molar-refractivity contribution in [1.29, 1.82) is 0 Å². The van der Waals surface area contributed by atoms with Crippen LogP contribution in [0.15, 0.2) is 11.6 Å². The van der Waals surface area contributed by atoms with Crippen LogP contribution in [0.3, 0.4) is 0 Å². The predicted octanol–water partition coefficient (Wildman–Crippen LogP) is 2.30. The highest BCUT2D eigenvalue weighted by Crippen LogP contribution is 2.21. The van der Waals surface area contributed by atoms with Gasteiger partial charge in [0.05, 0.1) is 12.1 Å². The van der Waals surface area contributed by atoms with Crippen molar-refractivity contribution in [2.45, 2.75) is 46.3 Å². The van der Waals surface area contributed by atoms with E-state index in [-0.39, 0.29) is 23.6 Å². The third kappa shape index (κ3) is 6.02. The molecule has 0 spiro atoms. The van der Waals surface area contributed by atoms with Crippen LogP contribution in [-0.4, -0.2) is 28.8 Å². The minimum atomic E-state index is -0.367. The maximum atomic E-state index is 11.8. The SMILES string of the molecule is C[C@H](O)CC(C)(C)CNC(=O)N[C@H](C)c1nccs1. The van der Waals surface area contributed by atoms with E-state index in [4.69, 9.17) is 0 Å². The lowest BCUT2D eigenvalue weighted by Gasteiger charge is -2.26. The number of aliphatic hydroxyl groups excluding tert-OH is 1. The van der Waals surface area contributed by atoms with E-state index in [2.05, 4.69) is 15.6 Å². The molecule has 0 saturated heterocycles. The van der Waals surface area contributed by atoms with E-state index in [1.165, 1.54) is 11.3 Å². The van der Waals surface area contributed by atoms with Crippen molar-refractivity contribution in [3.63, 3.8) is 0 Å². The fourth-order valence-corrected chi connectivity index (χ4v) is 2.60. The first-order valence-corrected chi connectivity index (χ1v) is 7.30. The summed E-state index contributed by atoms with van der Waals surface area (Å²) in [6.07, 6.45) is 2.01. The van der Waals surface area contributed by atoms with Crippen molar-refractivity contribution in [1.82, 2.24) is 15.6 Å². The Balaban J connectivity index is 2.35. The Morgan fingerprint density at radius 2 is 2.21 bits per heavy atom. The number of thiazole rings is 1. The van der Waals surface area contributed by atoms with Gasteiger partial charge < -0.3 is 15.7 Å². The maximum absolute atomic E-state index is 11.8. The van der Waals surface area contributed by atoms with Gasteiger partial charge in [-0.2, -0.15) is 0 Å². The van der Waals surface area contributed by atoms with E-state index >= 15 is 0 Å². The molecule has 1 aromatic heterocycles. The highest BCUT2D eigenvalue weighted by atomic mass is 32.1.